The van der Waals surface area contributed by atoms with Gasteiger partial charge in [-0.1, -0.05) is 20.4 Å². The van der Waals surface area contributed by atoms with E-state index in [-0.39, 0.29) is 17.2 Å². The first-order chi connectivity index (χ1) is 15.9. The minimum atomic E-state index is -0.0507. The van der Waals surface area contributed by atoms with Gasteiger partial charge in [0, 0.05) is 36.6 Å². The first-order valence-corrected chi connectivity index (χ1v) is 11.9. The molecule has 0 saturated carbocycles. The Morgan fingerprint density at radius 2 is 2.12 bits per heavy atom. The van der Waals surface area contributed by atoms with Crippen molar-refractivity contribution in [3.8, 4) is 11.5 Å². The number of aromatic amines is 2. The van der Waals surface area contributed by atoms with Gasteiger partial charge in [0.2, 0.25) is 0 Å². The van der Waals surface area contributed by atoms with Gasteiger partial charge in [-0.25, -0.2) is 9.97 Å². The molecule has 0 spiro atoms. The van der Waals surface area contributed by atoms with E-state index in [0.29, 0.717) is 36.8 Å². The maximum absolute atomic E-state index is 13.2. The molecule has 3 aromatic rings. The van der Waals surface area contributed by atoms with Gasteiger partial charge in [0.05, 0.1) is 11.9 Å². The largest absolute Gasteiger partial charge is 0.381 e. The molecule has 2 aliphatic rings. The van der Waals surface area contributed by atoms with E-state index >= 15 is 0 Å². The van der Waals surface area contributed by atoms with Crippen LogP contribution in [0.15, 0.2) is 24.4 Å². The number of fused-ring (bicyclic) bond motifs is 2. The lowest BCUT2D eigenvalue weighted by molar-refractivity contribution is -0.115. The van der Waals surface area contributed by atoms with E-state index in [1.165, 1.54) is 11.3 Å². The Balaban J connectivity index is 1.42. The maximum Gasteiger partial charge on any atom is 0.253 e. The molecule has 1 aliphatic carbocycles. The van der Waals surface area contributed by atoms with E-state index in [2.05, 4.69) is 40.6 Å². The molecule has 5 rings (SSSR count). The molecule has 1 aliphatic heterocycles. The highest BCUT2D eigenvalue weighted by Gasteiger charge is 2.30. The van der Waals surface area contributed by atoms with Crippen LogP contribution < -0.4 is 4.90 Å². The van der Waals surface area contributed by atoms with Gasteiger partial charge < -0.3 is 14.6 Å². The quantitative estimate of drug-likeness (QED) is 0.570. The van der Waals surface area contributed by atoms with E-state index < -0.39 is 0 Å². The minimum absolute atomic E-state index is 0.0507. The molecule has 33 heavy (non-hydrogen) atoms. The van der Waals surface area contributed by atoms with E-state index in [1.807, 2.05) is 13.0 Å². The van der Waals surface area contributed by atoms with E-state index in [4.69, 9.17) is 9.72 Å². The molecule has 0 atom stereocenters. The number of hydrogen-bond donors (Lipinski definition) is 2. The zero-order valence-electron chi connectivity index (χ0n) is 19.7. The predicted molar refractivity (Wildman–Crippen MR) is 128 cm³/mol. The van der Waals surface area contributed by atoms with Crippen LogP contribution in [0.3, 0.4) is 0 Å². The average molecular weight is 449 g/mol. The summed E-state index contributed by atoms with van der Waals surface area (Å²) in [5, 5.41) is 7.79. The van der Waals surface area contributed by atoms with Crippen molar-refractivity contribution in [2.75, 3.05) is 24.7 Å². The van der Waals surface area contributed by atoms with Gasteiger partial charge in [0.25, 0.3) is 5.91 Å². The molecule has 1 fully saturated rings. The molecule has 4 heterocycles. The van der Waals surface area contributed by atoms with Crippen molar-refractivity contribution in [2.24, 2.45) is 11.3 Å². The second kappa shape index (κ2) is 8.41. The number of hydrogen-bond acceptors (Lipinski definition) is 5. The first kappa shape index (κ1) is 21.8. The number of nitrogens with one attached hydrogen (secondary N) is 2. The van der Waals surface area contributed by atoms with E-state index in [0.717, 1.165) is 49.0 Å². The molecular formula is C25H32N6O2. The Hall–Kier alpha value is -3.00. The number of pyridine rings is 1. The van der Waals surface area contributed by atoms with Gasteiger partial charge in [0.1, 0.15) is 11.2 Å². The highest BCUT2D eigenvalue weighted by molar-refractivity contribution is 6.06. The summed E-state index contributed by atoms with van der Waals surface area (Å²) < 4.78 is 5.43. The van der Waals surface area contributed by atoms with Crippen molar-refractivity contribution in [1.82, 2.24) is 25.1 Å². The number of likely N-dealkylation sites (N-methyl/N-ethyl adjacent to an activating group) is 1. The molecule has 1 saturated heterocycles. The summed E-state index contributed by atoms with van der Waals surface area (Å²) in [7, 11) is 0. The number of aromatic nitrogens is 5. The zero-order valence-corrected chi connectivity index (χ0v) is 19.7. The molecule has 2 N–H and O–H groups in total. The third-order valence-electron chi connectivity index (χ3n) is 7.07. The minimum Gasteiger partial charge on any atom is -0.381 e. The van der Waals surface area contributed by atoms with Crippen molar-refractivity contribution in [3.05, 3.63) is 35.7 Å². The first-order valence-electron chi connectivity index (χ1n) is 11.9. The number of ether oxygens (including phenoxy) is 1. The number of imidazole rings is 1. The number of anilines is 1. The average Bonchev–Trinajstić information content (AvgIpc) is 3.41. The Labute approximate surface area is 193 Å². The molecule has 8 nitrogen and oxygen atoms in total. The van der Waals surface area contributed by atoms with Gasteiger partial charge in [-0.3, -0.25) is 9.89 Å². The lowest BCUT2D eigenvalue weighted by atomic mass is 9.76. The van der Waals surface area contributed by atoms with Crippen molar-refractivity contribution >= 4 is 22.8 Å². The number of carbonyl (C=O) groups excluding carboxylic acids is 1. The molecule has 0 unspecified atom stereocenters. The topological polar surface area (TPSA) is 99.8 Å². The van der Waals surface area contributed by atoms with Crippen molar-refractivity contribution in [2.45, 2.75) is 52.9 Å². The molecule has 1 amide bonds. The summed E-state index contributed by atoms with van der Waals surface area (Å²) in [5.41, 5.74) is 6.38. The lowest BCUT2D eigenvalue weighted by Crippen LogP contribution is -2.35. The molecular weight excluding hydrogens is 416 g/mol. The van der Waals surface area contributed by atoms with E-state index in [1.54, 1.807) is 11.1 Å². The van der Waals surface area contributed by atoms with Crippen LogP contribution in [-0.2, 0) is 22.4 Å². The van der Waals surface area contributed by atoms with Crippen molar-refractivity contribution in [3.63, 3.8) is 0 Å². The fraction of sp³-hybridized carbons (Fsp3) is 0.520. The molecule has 3 aromatic heterocycles. The fourth-order valence-electron chi connectivity index (χ4n) is 5.02. The van der Waals surface area contributed by atoms with Crippen LogP contribution in [0.4, 0.5) is 5.69 Å². The molecule has 174 valence electrons. The van der Waals surface area contributed by atoms with Crippen LogP contribution in [0.1, 0.15) is 51.3 Å². The molecule has 0 bridgehead atoms. The summed E-state index contributed by atoms with van der Waals surface area (Å²) in [6.45, 7) is 12.6. The predicted octanol–water partition coefficient (Wildman–Crippen LogP) is 4.20. The van der Waals surface area contributed by atoms with Crippen LogP contribution in [0.25, 0.3) is 22.7 Å². The highest BCUT2D eigenvalue weighted by atomic mass is 16.5. The molecule has 8 heteroatoms. The number of H-pyrrole nitrogens is 2. The Morgan fingerprint density at radius 1 is 1.33 bits per heavy atom. The van der Waals surface area contributed by atoms with Gasteiger partial charge in [0.15, 0.2) is 11.5 Å². The van der Waals surface area contributed by atoms with Crippen LogP contribution in [0.5, 0.6) is 0 Å². The zero-order chi connectivity index (χ0) is 23.2. The Kier molecular flexibility index (Phi) is 5.56. The summed E-state index contributed by atoms with van der Waals surface area (Å²) in [6.07, 6.45) is 6.50. The SMILES string of the molecule is C=C(C(=O)N(CC)c1cnc2[nH]c(-c3n[nH]c4c3CCC(C)(C)C4)nc2c1)C1CCOCC1. The number of rotatable bonds is 5. The summed E-state index contributed by atoms with van der Waals surface area (Å²) >= 11 is 0. The Morgan fingerprint density at radius 3 is 2.88 bits per heavy atom. The second-order valence-electron chi connectivity index (χ2n) is 9.98. The highest BCUT2D eigenvalue weighted by Crippen LogP contribution is 2.37. The van der Waals surface area contributed by atoms with Crippen LogP contribution in [-0.4, -0.2) is 50.8 Å². The maximum atomic E-state index is 13.2. The van der Waals surface area contributed by atoms with Gasteiger partial charge >= 0.3 is 0 Å². The summed E-state index contributed by atoms with van der Waals surface area (Å²) in [6, 6.07) is 1.92. The normalized spacial score (nSPS) is 18.3. The third-order valence-corrected chi connectivity index (χ3v) is 7.07. The molecule has 0 radical (unpaired) electrons. The fourth-order valence-corrected chi connectivity index (χ4v) is 5.02. The van der Waals surface area contributed by atoms with Crippen molar-refractivity contribution < 1.29 is 9.53 Å². The number of nitrogens with zero attached hydrogens (tertiary/aromatic N) is 4. The van der Waals surface area contributed by atoms with Crippen LogP contribution in [0, 0.1) is 11.3 Å². The summed E-state index contributed by atoms with van der Waals surface area (Å²) in [4.78, 5) is 27.6. The lowest BCUT2D eigenvalue weighted by Gasteiger charge is -2.28. The monoisotopic (exact) mass is 448 g/mol. The van der Waals surface area contributed by atoms with Crippen molar-refractivity contribution in [1.29, 1.82) is 0 Å². The molecule has 0 aromatic carbocycles. The standard InChI is InChI=1S/C25H32N6O2/c1-5-31(24(32)15(2)16-7-10-33-11-8-16)17-12-19-22(26-14-17)28-23(27-19)21-18-6-9-25(3,4)13-20(18)29-30-21/h12,14,16H,2,5-11,13H2,1,3-4H3,(H,29,30)(H,26,27,28). The second-order valence-corrected chi connectivity index (χ2v) is 9.98. The number of carbonyl (C=O) groups is 1. The Bertz CT molecular complexity index is 1200. The van der Waals surface area contributed by atoms with Crippen LogP contribution in [0.2, 0.25) is 0 Å². The van der Waals surface area contributed by atoms with E-state index in [9.17, 15) is 4.79 Å². The third kappa shape index (κ3) is 4.08. The van der Waals surface area contributed by atoms with Gasteiger partial charge in [-0.05, 0) is 56.4 Å². The van der Waals surface area contributed by atoms with Gasteiger partial charge in [-0.2, -0.15) is 5.10 Å². The van der Waals surface area contributed by atoms with Crippen LogP contribution >= 0.6 is 0 Å². The number of amides is 1. The smallest absolute Gasteiger partial charge is 0.253 e. The van der Waals surface area contributed by atoms with Gasteiger partial charge in [-0.15, -0.1) is 0 Å². The summed E-state index contributed by atoms with van der Waals surface area (Å²) in [5.74, 6) is 0.836.